The Hall–Kier alpha value is -1.51. The summed E-state index contributed by atoms with van der Waals surface area (Å²) >= 11 is 0. The van der Waals surface area contributed by atoms with Gasteiger partial charge in [-0.3, -0.25) is 0 Å². The molecule has 15 heavy (non-hydrogen) atoms. The van der Waals surface area contributed by atoms with Gasteiger partial charge < -0.3 is 9.84 Å². The van der Waals surface area contributed by atoms with Crippen LogP contribution in [0.1, 0.15) is 25.8 Å². The Bertz CT molecular complexity index is 316. The van der Waals surface area contributed by atoms with Crippen LogP contribution in [-0.2, 0) is 11.2 Å². The summed E-state index contributed by atoms with van der Waals surface area (Å²) in [5.41, 5.74) is 1.21. The standard InChI is InChI=1S/C12H16O3/c1-3-9-5-7-10(8-6-9)15-11(4-2)12(13)14/h5-8,11H,3-4H2,1-2H3,(H,13,14)/t11-/m1/s1. The average Bonchev–Trinajstić information content (AvgIpc) is 2.26. The van der Waals surface area contributed by atoms with E-state index in [4.69, 9.17) is 9.84 Å². The number of carboxylic acids is 1. The van der Waals surface area contributed by atoms with Crippen molar-refractivity contribution < 1.29 is 14.6 Å². The lowest BCUT2D eigenvalue weighted by Crippen LogP contribution is -2.25. The van der Waals surface area contributed by atoms with E-state index >= 15 is 0 Å². The molecule has 3 nitrogen and oxygen atoms in total. The van der Waals surface area contributed by atoms with Gasteiger partial charge in [-0.2, -0.15) is 0 Å². The summed E-state index contributed by atoms with van der Waals surface area (Å²) < 4.78 is 5.33. The van der Waals surface area contributed by atoms with Crippen molar-refractivity contribution in [1.82, 2.24) is 0 Å². The van der Waals surface area contributed by atoms with E-state index in [0.29, 0.717) is 12.2 Å². The van der Waals surface area contributed by atoms with Crippen LogP contribution < -0.4 is 4.74 Å². The first-order chi connectivity index (χ1) is 7.17. The quantitative estimate of drug-likeness (QED) is 0.808. The van der Waals surface area contributed by atoms with Crippen molar-refractivity contribution in [2.75, 3.05) is 0 Å². The van der Waals surface area contributed by atoms with Gasteiger partial charge in [0, 0.05) is 0 Å². The highest BCUT2D eigenvalue weighted by Crippen LogP contribution is 2.15. The fourth-order valence-electron chi connectivity index (χ4n) is 1.28. The van der Waals surface area contributed by atoms with Crippen LogP contribution in [0.3, 0.4) is 0 Å². The SMILES string of the molecule is CCc1ccc(O[C@H](CC)C(=O)O)cc1. The highest BCUT2D eigenvalue weighted by molar-refractivity contribution is 5.72. The van der Waals surface area contributed by atoms with Crippen molar-refractivity contribution in [2.24, 2.45) is 0 Å². The van der Waals surface area contributed by atoms with Gasteiger partial charge in [0.2, 0.25) is 0 Å². The second-order valence-corrected chi connectivity index (χ2v) is 3.35. The summed E-state index contributed by atoms with van der Waals surface area (Å²) in [4.78, 5) is 10.7. The predicted octanol–water partition coefficient (Wildman–Crippen LogP) is 2.49. The lowest BCUT2D eigenvalue weighted by molar-refractivity contribution is -0.145. The second kappa shape index (κ2) is 5.39. The number of hydrogen-bond donors (Lipinski definition) is 1. The minimum Gasteiger partial charge on any atom is -0.479 e. The van der Waals surface area contributed by atoms with E-state index in [1.54, 1.807) is 6.92 Å². The predicted molar refractivity (Wildman–Crippen MR) is 58.2 cm³/mol. The topological polar surface area (TPSA) is 46.5 Å². The van der Waals surface area contributed by atoms with Crippen LogP contribution in [0.2, 0.25) is 0 Å². The number of hydrogen-bond acceptors (Lipinski definition) is 2. The molecule has 0 saturated carbocycles. The Morgan fingerprint density at radius 2 is 1.93 bits per heavy atom. The van der Waals surface area contributed by atoms with Crippen LogP contribution in [0.25, 0.3) is 0 Å². The first-order valence-corrected chi connectivity index (χ1v) is 5.15. The zero-order chi connectivity index (χ0) is 11.3. The maximum Gasteiger partial charge on any atom is 0.344 e. The molecule has 0 aromatic heterocycles. The maximum atomic E-state index is 10.7. The lowest BCUT2D eigenvalue weighted by atomic mass is 10.2. The smallest absolute Gasteiger partial charge is 0.344 e. The molecule has 82 valence electrons. The summed E-state index contributed by atoms with van der Waals surface area (Å²) in [6, 6.07) is 7.52. The van der Waals surface area contributed by atoms with Crippen molar-refractivity contribution in [2.45, 2.75) is 32.8 Å². The number of aliphatic carboxylic acids is 1. The van der Waals surface area contributed by atoms with E-state index in [0.717, 1.165) is 6.42 Å². The summed E-state index contributed by atoms with van der Waals surface area (Å²) in [6.45, 7) is 3.86. The van der Waals surface area contributed by atoms with Gasteiger partial charge >= 0.3 is 5.97 Å². The molecular formula is C12H16O3. The van der Waals surface area contributed by atoms with Crippen LogP contribution in [0.15, 0.2) is 24.3 Å². The fraction of sp³-hybridized carbons (Fsp3) is 0.417. The highest BCUT2D eigenvalue weighted by Gasteiger charge is 2.16. The molecule has 1 atom stereocenters. The van der Waals surface area contributed by atoms with E-state index in [-0.39, 0.29) is 0 Å². The van der Waals surface area contributed by atoms with E-state index in [1.165, 1.54) is 5.56 Å². The first-order valence-electron chi connectivity index (χ1n) is 5.15. The third-order valence-electron chi connectivity index (χ3n) is 2.26. The average molecular weight is 208 g/mol. The molecule has 0 unspecified atom stereocenters. The molecule has 0 aliphatic carbocycles. The van der Waals surface area contributed by atoms with E-state index < -0.39 is 12.1 Å². The number of ether oxygens (including phenoxy) is 1. The van der Waals surface area contributed by atoms with Crippen LogP contribution >= 0.6 is 0 Å². The zero-order valence-corrected chi connectivity index (χ0v) is 9.06. The molecular weight excluding hydrogens is 192 g/mol. The highest BCUT2D eigenvalue weighted by atomic mass is 16.5. The third-order valence-corrected chi connectivity index (χ3v) is 2.26. The minimum absolute atomic E-state index is 0.463. The summed E-state index contributed by atoms with van der Waals surface area (Å²) in [7, 11) is 0. The first kappa shape index (κ1) is 11.6. The molecule has 0 spiro atoms. The van der Waals surface area contributed by atoms with Crippen LogP contribution in [-0.4, -0.2) is 17.2 Å². The van der Waals surface area contributed by atoms with Gasteiger partial charge in [0.15, 0.2) is 6.10 Å². The number of carboxylic acid groups (broad SMARTS) is 1. The molecule has 0 saturated heterocycles. The van der Waals surface area contributed by atoms with Gasteiger partial charge in [-0.05, 0) is 30.5 Å². The normalized spacial score (nSPS) is 12.1. The van der Waals surface area contributed by atoms with Crippen molar-refractivity contribution in [3.8, 4) is 5.75 Å². The van der Waals surface area contributed by atoms with Crippen molar-refractivity contribution in [1.29, 1.82) is 0 Å². The van der Waals surface area contributed by atoms with Gasteiger partial charge in [0.05, 0.1) is 0 Å². The van der Waals surface area contributed by atoms with Crippen LogP contribution in [0.4, 0.5) is 0 Å². The third kappa shape index (κ3) is 3.27. The molecule has 0 heterocycles. The Balaban J connectivity index is 2.67. The molecule has 0 amide bonds. The number of rotatable bonds is 5. The summed E-state index contributed by atoms with van der Waals surface area (Å²) in [6.07, 6.45) is 0.679. The summed E-state index contributed by atoms with van der Waals surface area (Å²) in [5, 5.41) is 8.81. The molecule has 0 fully saturated rings. The monoisotopic (exact) mass is 208 g/mol. The molecule has 0 bridgehead atoms. The van der Waals surface area contributed by atoms with E-state index in [1.807, 2.05) is 24.3 Å². The second-order valence-electron chi connectivity index (χ2n) is 3.35. The maximum absolute atomic E-state index is 10.7. The molecule has 0 aliphatic heterocycles. The van der Waals surface area contributed by atoms with Gasteiger partial charge in [-0.15, -0.1) is 0 Å². The Morgan fingerprint density at radius 3 is 2.33 bits per heavy atom. The molecule has 1 aromatic rings. The Morgan fingerprint density at radius 1 is 1.33 bits per heavy atom. The van der Waals surface area contributed by atoms with E-state index in [9.17, 15) is 4.79 Å². The Kier molecular flexibility index (Phi) is 4.16. The van der Waals surface area contributed by atoms with Crippen molar-refractivity contribution >= 4 is 5.97 Å². The van der Waals surface area contributed by atoms with Crippen LogP contribution in [0, 0.1) is 0 Å². The van der Waals surface area contributed by atoms with Gasteiger partial charge in [-0.25, -0.2) is 4.79 Å². The van der Waals surface area contributed by atoms with Gasteiger partial charge in [0.25, 0.3) is 0 Å². The van der Waals surface area contributed by atoms with Crippen LogP contribution in [0.5, 0.6) is 5.75 Å². The molecule has 1 rings (SSSR count). The lowest BCUT2D eigenvalue weighted by Gasteiger charge is -2.13. The van der Waals surface area contributed by atoms with E-state index in [2.05, 4.69) is 6.92 Å². The molecule has 0 aliphatic rings. The number of carbonyl (C=O) groups is 1. The number of aryl methyl sites for hydroxylation is 1. The summed E-state index contributed by atoms with van der Waals surface area (Å²) in [5.74, 6) is -0.307. The molecule has 1 N–H and O–H groups in total. The Labute approximate surface area is 89.7 Å². The van der Waals surface area contributed by atoms with Gasteiger partial charge in [-0.1, -0.05) is 26.0 Å². The molecule has 1 aromatic carbocycles. The largest absolute Gasteiger partial charge is 0.479 e. The van der Waals surface area contributed by atoms with Crippen molar-refractivity contribution in [3.05, 3.63) is 29.8 Å². The fourth-order valence-corrected chi connectivity index (χ4v) is 1.28. The molecule has 0 radical (unpaired) electrons. The number of benzene rings is 1. The van der Waals surface area contributed by atoms with Gasteiger partial charge in [0.1, 0.15) is 5.75 Å². The zero-order valence-electron chi connectivity index (χ0n) is 9.06. The minimum atomic E-state index is -0.919. The van der Waals surface area contributed by atoms with Crippen molar-refractivity contribution in [3.63, 3.8) is 0 Å². The molecule has 3 heteroatoms.